The molecular formula is C17H14ClN3O3. The van der Waals surface area contributed by atoms with Gasteiger partial charge in [-0.3, -0.25) is 4.79 Å². The number of hydrogen-bond acceptors (Lipinski definition) is 4. The summed E-state index contributed by atoms with van der Waals surface area (Å²) in [7, 11) is 0. The molecule has 3 aromatic rings. The zero-order valence-electron chi connectivity index (χ0n) is 12.7. The van der Waals surface area contributed by atoms with Crippen molar-refractivity contribution in [2.24, 2.45) is 0 Å². The molecule has 0 radical (unpaired) electrons. The van der Waals surface area contributed by atoms with Gasteiger partial charge in [0.15, 0.2) is 6.10 Å². The van der Waals surface area contributed by atoms with Gasteiger partial charge in [0.25, 0.3) is 5.91 Å². The van der Waals surface area contributed by atoms with Crippen molar-refractivity contribution in [2.45, 2.75) is 13.0 Å². The highest BCUT2D eigenvalue weighted by molar-refractivity contribution is 6.30. The minimum absolute atomic E-state index is 0.292. The Morgan fingerprint density at radius 3 is 2.75 bits per heavy atom. The zero-order chi connectivity index (χ0) is 17.1. The van der Waals surface area contributed by atoms with E-state index >= 15 is 0 Å². The molecule has 0 aliphatic heterocycles. The molecule has 3 rings (SSSR count). The summed E-state index contributed by atoms with van der Waals surface area (Å²) in [5.41, 5.74) is 1.12. The maximum atomic E-state index is 12.2. The predicted molar refractivity (Wildman–Crippen MR) is 91.1 cm³/mol. The summed E-state index contributed by atoms with van der Waals surface area (Å²) in [5.74, 6) is -0.745. The number of benzene rings is 1. The molecule has 0 fully saturated rings. The monoisotopic (exact) mass is 343 g/mol. The molecule has 0 aliphatic rings. The summed E-state index contributed by atoms with van der Waals surface area (Å²) in [6, 6.07) is 12.3. The number of carbonyl (C=O) groups is 2. The second-order valence-corrected chi connectivity index (χ2v) is 5.61. The lowest BCUT2D eigenvalue weighted by molar-refractivity contribution is -0.123. The third kappa shape index (κ3) is 3.55. The molecule has 0 spiro atoms. The van der Waals surface area contributed by atoms with Crippen molar-refractivity contribution in [2.75, 3.05) is 5.32 Å². The van der Waals surface area contributed by atoms with Gasteiger partial charge in [0.05, 0.1) is 5.02 Å². The number of halogens is 1. The van der Waals surface area contributed by atoms with Gasteiger partial charge in [-0.25, -0.2) is 9.78 Å². The second kappa shape index (κ2) is 6.72. The van der Waals surface area contributed by atoms with Gasteiger partial charge < -0.3 is 15.0 Å². The average molecular weight is 344 g/mol. The third-order valence-electron chi connectivity index (χ3n) is 3.38. The van der Waals surface area contributed by atoms with E-state index in [9.17, 15) is 9.59 Å². The molecule has 0 aliphatic carbocycles. The van der Waals surface area contributed by atoms with E-state index < -0.39 is 18.0 Å². The molecule has 2 aromatic heterocycles. The molecule has 122 valence electrons. The van der Waals surface area contributed by atoms with Crippen LogP contribution in [-0.2, 0) is 9.53 Å². The fourth-order valence-electron chi connectivity index (χ4n) is 2.14. The van der Waals surface area contributed by atoms with Crippen LogP contribution in [0, 0.1) is 0 Å². The summed E-state index contributed by atoms with van der Waals surface area (Å²) in [4.78, 5) is 31.1. The van der Waals surface area contributed by atoms with Gasteiger partial charge in [-0.15, -0.1) is 0 Å². The van der Waals surface area contributed by atoms with Crippen molar-refractivity contribution in [1.82, 2.24) is 9.97 Å². The number of esters is 1. The fraction of sp³-hybridized carbons (Fsp3) is 0.118. The smallest absolute Gasteiger partial charge is 0.355 e. The molecule has 0 bridgehead atoms. The van der Waals surface area contributed by atoms with Crippen molar-refractivity contribution < 1.29 is 14.3 Å². The molecule has 1 atom stereocenters. The molecule has 7 heteroatoms. The van der Waals surface area contributed by atoms with Crippen molar-refractivity contribution in [3.63, 3.8) is 0 Å². The molecule has 0 saturated heterocycles. The van der Waals surface area contributed by atoms with E-state index in [-0.39, 0.29) is 0 Å². The van der Waals surface area contributed by atoms with Crippen LogP contribution in [0.4, 0.5) is 5.82 Å². The van der Waals surface area contributed by atoms with Crippen LogP contribution in [0.5, 0.6) is 0 Å². The number of anilines is 1. The Labute approximate surface area is 142 Å². The quantitative estimate of drug-likeness (QED) is 0.711. The molecule has 0 saturated carbocycles. The van der Waals surface area contributed by atoms with Crippen molar-refractivity contribution in [3.05, 3.63) is 59.4 Å². The molecule has 24 heavy (non-hydrogen) atoms. The van der Waals surface area contributed by atoms with Gasteiger partial charge in [-0.1, -0.05) is 29.8 Å². The van der Waals surface area contributed by atoms with Crippen LogP contribution in [0.2, 0.25) is 5.02 Å². The van der Waals surface area contributed by atoms with Crippen LogP contribution in [0.3, 0.4) is 0 Å². The van der Waals surface area contributed by atoms with Gasteiger partial charge in [0.2, 0.25) is 0 Å². The molecular weight excluding hydrogens is 330 g/mol. The van der Waals surface area contributed by atoms with Crippen LogP contribution in [0.15, 0.2) is 48.7 Å². The lowest BCUT2D eigenvalue weighted by Crippen LogP contribution is -2.30. The number of para-hydroxylation sites is 1. The van der Waals surface area contributed by atoms with Crippen LogP contribution in [0.25, 0.3) is 10.9 Å². The van der Waals surface area contributed by atoms with Gasteiger partial charge in [-0.2, -0.15) is 0 Å². The van der Waals surface area contributed by atoms with Crippen molar-refractivity contribution in [1.29, 1.82) is 0 Å². The second-order valence-electron chi connectivity index (χ2n) is 5.17. The fourth-order valence-corrected chi connectivity index (χ4v) is 2.25. The Morgan fingerprint density at radius 2 is 2.04 bits per heavy atom. The number of carbonyl (C=O) groups excluding carboxylic acids is 2. The van der Waals surface area contributed by atoms with Gasteiger partial charge >= 0.3 is 5.97 Å². The number of rotatable bonds is 4. The molecule has 1 amide bonds. The lowest BCUT2D eigenvalue weighted by atomic mass is 10.2. The highest BCUT2D eigenvalue weighted by Gasteiger charge is 2.20. The van der Waals surface area contributed by atoms with E-state index in [0.717, 1.165) is 10.9 Å². The van der Waals surface area contributed by atoms with E-state index in [1.165, 1.54) is 13.1 Å². The first-order valence-corrected chi connectivity index (χ1v) is 7.62. The number of H-pyrrole nitrogens is 1. The van der Waals surface area contributed by atoms with E-state index in [1.807, 2.05) is 24.3 Å². The highest BCUT2D eigenvalue weighted by atomic mass is 35.5. The standard InChI is InChI=1S/C17H14ClN3O3/c1-10(16(22)21-15-7-6-12(18)9-19-15)24-17(23)14-8-11-4-2-3-5-13(11)20-14/h2-10,20H,1H3,(H,19,21,22)/t10-/m1/s1. The first-order valence-electron chi connectivity index (χ1n) is 7.24. The third-order valence-corrected chi connectivity index (χ3v) is 3.61. The number of nitrogens with one attached hydrogen (secondary N) is 2. The van der Waals surface area contributed by atoms with Crippen LogP contribution in [0.1, 0.15) is 17.4 Å². The minimum Gasteiger partial charge on any atom is -0.448 e. The maximum Gasteiger partial charge on any atom is 0.355 e. The Kier molecular flexibility index (Phi) is 4.48. The first-order chi connectivity index (χ1) is 11.5. The Morgan fingerprint density at radius 1 is 1.25 bits per heavy atom. The summed E-state index contributed by atoms with van der Waals surface area (Å²) in [5, 5.41) is 3.92. The summed E-state index contributed by atoms with van der Waals surface area (Å²) in [6.45, 7) is 1.49. The number of nitrogens with zero attached hydrogens (tertiary/aromatic N) is 1. The van der Waals surface area contributed by atoms with Crippen LogP contribution in [-0.4, -0.2) is 27.9 Å². The predicted octanol–water partition coefficient (Wildman–Crippen LogP) is 3.40. The van der Waals surface area contributed by atoms with E-state index in [2.05, 4.69) is 15.3 Å². The molecule has 2 N–H and O–H groups in total. The summed E-state index contributed by atoms with van der Waals surface area (Å²) >= 11 is 5.73. The number of pyridine rings is 1. The normalized spacial score (nSPS) is 11.9. The number of aromatic nitrogens is 2. The lowest BCUT2D eigenvalue weighted by Gasteiger charge is -2.12. The number of ether oxygens (including phenoxy) is 1. The molecule has 1 aromatic carbocycles. The topological polar surface area (TPSA) is 84.1 Å². The largest absolute Gasteiger partial charge is 0.448 e. The van der Waals surface area contributed by atoms with Gasteiger partial charge in [0, 0.05) is 17.1 Å². The minimum atomic E-state index is -0.971. The van der Waals surface area contributed by atoms with Crippen molar-refractivity contribution >= 4 is 40.2 Å². The SMILES string of the molecule is C[C@@H](OC(=O)c1cc2ccccc2[nH]1)C(=O)Nc1ccc(Cl)cn1. The zero-order valence-corrected chi connectivity index (χ0v) is 13.5. The Bertz CT molecular complexity index is 856. The molecule has 6 nitrogen and oxygen atoms in total. The maximum absolute atomic E-state index is 12.2. The van der Waals surface area contributed by atoms with E-state index in [4.69, 9.17) is 16.3 Å². The summed E-state index contributed by atoms with van der Waals surface area (Å²) < 4.78 is 5.19. The number of hydrogen-bond donors (Lipinski definition) is 2. The Balaban J connectivity index is 1.64. The first kappa shape index (κ1) is 16.0. The van der Waals surface area contributed by atoms with Crippen LogP contribution < -0.4 is 5.32 Å². The molecule has 2 heterocycles. The average Bonchev–Trinajstić information content (AvgIpc) is 3.01. The number of aromatic amines is 1. The van der Waals surface area contributed by atoms with Crippen LogP contribution >= 0.6 is 11.6 Å². The highest BCUT2D eigenvalue weighted by Crippen LogP contribution is 2.16. The molecule has 0 unspecified atom stereocenters. The van der Waals surface area contributed by atoms with Gasteiger partial charge in [0.1, 0.15) is 11.5 Å². The van der Waals surface area contributed by atoms with E-state index in [0.29, 0.717) is 16.5 Å². The van der Waals surface area contributed by atoms with Crippen molar-refractivity contribution in [3.8, 4) is 0 Å². The van der Waals surface area contributed by atoms with E-state index in [1.54, 1.807) is 18.2 Å². The summed E-state index contributed by atoms with van der Waals surface area (Å²) in [6.07, 6.45) is 0.444. The Hall–Kier alpha value is -2.86. The number of amides is 1. The number of fused-ring (bicyclic) bond motifs is 1. The van der Waals surface area contributed by atoms with Gasteiger partial charge in [-0.05, 0) is 31.2 Å².